The maximum absolute atomic E-state index is 12.4. The molecule has 2 amide bonds. The number of aliphatic hydroxyl groups excluding tert-OH is 2. The van der Waals surface area contributed by atoms with Gasteiger partial charge in [-0.25, -0.2) is 0 Å². The van der Waals surface area contributed by atoms with Gasteiger partial charge in [0.1, 0.15) is 6.04 Å². The molecule has 0 saturated carbocycles. The van der Waals surface area contributed by atoms with Gasteiger partial charge in [0.2, 0.25) is 11.8 Å². The number of carbonyl (C=O) groups is 2. The van der Waals surface area contributed by atoms with E-state index in [4.69, 9.17) is 0 Å². The van der Waals surface area contributed by atoms with E-state index in [1.807, 2.05) is 32.0 Å². The number of likely N-dealkylation sites (N-methyl/N-ethyl adjacent to an activating group) is 1. The number of amides is 2. The summed E-state index contributed by atoms with van der Waals surface area (Å²) in [6.07, 6.45) is 0.132. The molecule has 0 aliphatic heterocycles. The van der Waals surface area contributed by atoms with Crippen molar-refractivity contribution in [3.05, 3.63) is 35.9 Å². The summed E-state index contributed by atoms with van der Waals surface area (Å²) in [4.78, 5) is 26.1. The van der Waals surface area contributed by atoms with Gasteiger partial charge in [-0.05, 0) is 24.3 Å². The Balaban J connectivity index is 2.66. The van der Waals surface area contributed by atoms with Crippen LogP contribution >= 0.6 is 0 Å². The Labute approximate surface area is 156 Å². The van der Waals surface area contributed by atoms with Gasteiger partial charge in [0, 0.05) is 20.5 Å². The normalized spacial score (nSPS) is 15.6. The SMILES string of the molecule is CCCC(C)C(O)[C@H](O)CCC(=O)N[C@H](C(=O)N(C)C)c1ccccc1. The molecule has 2 unspecified atom stereocenters. The average molecular weight is 364 g/mol. The molecule has 0 spiro atoms. The van der Waals surface area contributed by atoms with Crippen molar-refractivity contribution >= 4 is 11.8 Å². The Kier molecular flexibility index (Phi) is 9.30. The van der Waals surface area contributed by atoms with Crippen molar-refractivity contribution in [2.75, 3.05) is 14.1 Å². The highest BCUT2D eigenvalue weighted by atomic mass is 16.3. The van der Waals surface area contributed by atoms with Crippen LogP contribution in [-0.4, -0.2) is 53.2 Å². The van der Waals surface area contributed by atoms with Crippen LogP contribution < -0.4 is 5.32 Å². The summed E-state index contributed by atoms with van der Waals surface area (Å²) in [5.41, 5.74) is 0.705. The second kappa shape index (κ2) is 10.9. The first-order valence-electron chi connectivity index (χ1n) is 9.19. The van der Waals surface area contributed by atoms with Crippen LogP contribution in [0, 0.1) is 5.92 Å². The smallest absolute Gasteiger partial charge is 0.249 e. The molecule has 0 aromatic heterocycles. The maximum atomic E-state index is 12.4. The first-order chi connectivity index (χ1) is 12.3. The average Bonchev–Trinajstić information content (AvgIpc) is 2.63. The van der Waals surface area contributed by atoms with E-state index < -0.39 is 18.2 Å². The molecule has 0 aliphatic carbocycles. The van der Waals surface area contributed by atoms with Crippen molar-refractivity contribution in [1.82, 2.24) is 10.2 Å². The molecule has 1 aromatic carbocycles. The Morgan fingerprint density at radius 3 is 2.27 bits per heavy atom. The fraction of sp³-hybridized carbons (Fsp3) is 0.600. The van der Waals surface area contributed by atoms with Crippen molar-refractivity contribution in [3.63, 3.8) is 0 Å². The second-order valence-electron chi connectivity index (χ2n) is 7.01. The number of carbonyl (C=O) groups excluding carboxylic acids is 2. The summed E-state index contributed by atoms with van der Waals surface area (Å²) >= 11 is 0. The summed E-state index contributed by atoms with van der Waals surface area (Å²) in [6, 6.07) is 8.28. The van der Waals surface area contributed by atoms with Crippen LogP contribution in [-0.2, 0) is 9.59 Å². The molecular formula is C20H32N2O4. The lowest BCUT2D eigenvalue weighted by molar-refractivity contribution is -0.134. The predicted octanol–water partition coefficient (Wildman–Crippen LogP) is 1.87. The molecule has 146 valence electrons. The second-order valence-corrected chi connectivity index (χ2v) is 7.01. The van der Waals surface area contributed by atoms with E-state index >= 15 is 0 Å². The van der Waals surface area contributed by atoms with E-state index in [0.29, 0.717) is 5.56 Å². The molecule has 4 atom stereocenters. The molecule has 6 heteroatoms. The maximum Gasteiger partial charge on any atom is 0.249 e. The van der Waals surface area contributed by atoms with Crippen LogP contribution in [0.3, 0.4) is 0 Å². The van der Waals surface area contributed by atoms with Crippen LogP contribution in [0.1, 0.15) is 51.1 Å². The van der Waals surface area contributed by atoms with Crippen LogP contribution in [0.4, 0.5) is 0 Å². The molecule has 0 heterocycles. The number of hydrogen-bond acceptors (Lipinski definition) is 4. The summed E-state index contributed by atoms with van der Waals surface area (Å²) in [5, 5.41) is 23.0. The fourth-order valence-electron chi connectivity index (χ4n) is 2.88. The molecular weight excluding hydrogens is 332 g/mol. The number of aliphatic hydroxyl groups is 2. The molecule has 0 radical (unpaired) electrons. The number of rotatable bonds is 10. The van der Waals surface area contributed by atoms with Crippen molar-refractivity contribution in [2.45, 2.75) is 57.8 Å². The number of benzene rings is 1. The zero-order chi connectivity index (χ0) is 19.7. The zero-order valence-corrected chi connectivity index (χ0v) is 16.2. The van der Waals surface area contributed by atoms with E-state index in [1.165, 1.54) is 4.90 Å². The monoisotopic (exact) mass is 364 g/mol. The Morgan fingerprint density at radius 2 is 1.73 bits per heavy atom. The van der Waals surface area contributed by atoms with Gasteiger partial charge in [0.05, 0.1) is 12.2 Å². The third kappa shape index (κ3) is 6.77. The van der Waals surface area contributed by atoms with Crippen LogP contribution in [0.5, 0.6) is 0 Å². The third-order valence-electron chi connectivity index (χ3n) is 4.51. The van der Waals surface area contributed by atoms with Crippen LogP contribution in [0.15, 0.2) is 30.3 Å². The van der Waals surface area contributed by atoms with Gasteiger partial charge in [-0.1, -0.05) is 50.6 Å². The van der Waals surface area contributed by atoms with Gasteiger partial charge in [-0.2, -0.15) is 0 Å². The molecule has 0 aliphatic rings. The Bertz CT molecular complexity index is 562. The molecule has 1 rings (SSSR count). The minimum absolute atomic E-state index is 0.0227. The minimum atomic E-state index is -0.956. The summed E-state index contributed by atoms with van der Waals surface area (Å²) in [5.74, 6) is -0.574. The standard InChI is InChI=1S/C20H32N2O4/c1-5-9-14(2)19(25)16(23)12-13-17(24)21-18(20(26)22(3)4)15-10-7-6-8-11-15/h6-8,10-11,14,16,18-19,23,25H,5,9,12-13H2,1-4H3,(H,21,24)/t14?,16-,18+,19?/m1/s1. The van der Waals surface area contributed by atoms with E-state index in [2.05, 4.69) is 5.32 Å². The van der Waals surface area contributed by atoms with Crippen molar-refractivity contribution < 1.29 is 19.8 Å². The quantitative estimate of drug-likeness (QED) is 0.591. The van der Waals surface area contributed by atoms with Gasteiger partial charge in [-0.3, -0.25) is 9.59 Å². The summed E-state index contributed by atoms with van der Waals surface area (Å²) < 4.78 is 0. The van der Waals surface area contributed by atoms with Crippen molar-refractivity contribution in [2.24, 2.45) is 5.92 Å². The first kappa shape index (κ1) is 22.1. The fourth-order valence-corrected chi connectivity index (χ4v) is 2.88. The van der Waals surface area contributed by atoms with Crippen LogP contribution in [0.25, 0.3) is 0 Å². The lowest BCUT2D eigenvalue weighted by atomic mass is 9.93. The number of hydrogen-bond donors (Lipinski definition) is 3. The summed E-state index contributed by atoms with van der Waals surface area (Å²) in [7, 11) is 3.28. The van der Waals surface area contributed by atoms with Crippen LogP contribution in [0.2, 0.25) is 0 Å². The molecule has 26 heavy (non-hydrogen) atoms. The first-order valence-corrected chi connectivity index (χ1v) is 9.19. The molecule has 0 fully saturated rings. The molecule has 0 saturated heterocycles. The predicted molar refractivity (Wildman–Crippen MR) is 101 cm³/mol. The lowest BCUT2D eigenvalue weighted by Gasteiger charge is -2.24. The van der Waals surface area contributed by atoms with E-state index in [-0.39, 0.29) is 30.6 Å². The van der Waals surface area contributed by atoms with Gasteiger partial charge in [-0.15, -0.1) is 0 Å². The highest BCUT2D eigenvalue weighted by molar-refractivity contribution is 5.88. The van der Waals surface area contributed by atoms with E-state index in [0.717, 1.165) is 12.8 Å². The van der Waals surface area contributed by atoms with Gasteiger partial charge in [0.25, 0.3) is 0 Å². The minimum Gasteiger partial charge on any atom is -0.390 e. The summed E-state index contributed by atoms with van der Waals surface area (Å²) in [6.45, 7) is 3.91. The lowest BCUT2D eigenvalue weighted by Crippen LogP contribution is -2.40. The highest BCUT2D eigenvalue weighted by Gasteiger charge is 2.26. The van der Waals surface area contributed by atoms with Crippen molar-refractivity contribution in [3.8, 4) is 0 Å². The van der Waals surface area contributed by atoms with Gasteiger partial charge >= 0.3 is 0 Å². The zero-order valence-electron chi connectivity index (χ0n) is 16.2. The van der Waals surface area contributed by atoms with Gasteiger partial charge in [0.15, 0.2) is 0 Å². The van der Waals surface area contributed by atoms with Gasteiger partial charge < -0.3 is 20.4 Å². The Morgan fingerprint density at radius 1 is 1.12 bits per heavy atom. The highest BCUT2D eigenvalue weighted by Crippen LogP contribution is 2.18. The Hall–Kier alpha value is -1.92. The van der Waals surface area contributed by atoms with E-state index in [9.17, 15) is 19.8 Å². The van der Waals surface area contributed by atoms with Crippen molar-refractivity contribution in [1.29, 1.82) is 0 Å². The largest absolute Gasteiger partial charge is 0.390 e. The topological polar surface area (TPSA) is 89.9 Å². The third-order valence-corrected chi connectivity index (χ3v) is 4.51. The molecule has 6 nitrogen and oxygen atoms in total. The molecule has 0 bridgehead atoms. The molecule has 3 N–H and O–H groups in total. The number of nitrogens with zero attached hydrogens (tertiary/aromatic N) is 1. The van der Waals surface area contributed by atoms with E-state index in [1.54, 1.807) is 26.2 Å². The molecule has 1 aromatic rings. The number of nitrogens with one attached hydrogen (secondary N) is 1.